The number of nitrogens with one attached hydrogen (secondary N) is 1. The minimum absolute atomic E-state index is 0.0112. The van der Waals surface area contributed by atoms with Crippen molar-refractivity contribution < 1.29 is 22.4 Å². The number of carbonyl (C=O) groups is 2. The first-order chi connectivity index (χ1) is 21.1. The monoisotopic (exact) mass is 635 g/mol. The number of amides is 2. The lowest BCUT2D eigenvalue weighted by Crippen LogP contribution is -2.53. The summed E-state index contributed by atoms with van der Waals surface area (Å²) in [6.45, 7) is 3.74. The number of rotatable bonds is 13. The van der Waals surface area contributed by atoms with E-state index < -0.39 is 34.3 Å². The first-order valence-electron chi connectivity index (χ1n) is 14.2. The van der Waals surface area contributed by atoms with Crippen molar-refractivity contribution in [1.29, 1.82) is 0 Å². The van der Waals surface area contributed by atoms with E-state index in [0.29, 0.717) is 6.54 Å². The molecular weight excluding hydrogens is 601 g/mol. The summed E-state index contributed by atoms with van der Waals surface area (Å²) in [4.78, 5) is 29.5. The van der Waals surface area contributed by atoms with Crippen molar-refractivity contribution in [3.8, 4) is 0 Å². The lowest BCUT2D eigenvalue weighted by atomic mass is 10.0. The van der Waals surface area contributed by atoms with Gasteiger partial charge in [0.15, 0.2) is 0 Å². The lowest BCUT2D eigenvalue weighted by molar-refractivity contribution is -0.140. The van der Waals surface area contributed by atoms with E-state index in [1.807, 2.05) is 74.5 Å². The van der Waals surface area contributed by atoms with Crippen LogP contribution in [-0.4, -0.2) is 44.3 Å². The summed E-state index contributed by atoms with van der Waals surface area (Å²) < 4.78 is 42.9. The van der Waals surface area contributed by atoms with Crippen molar-refractivity contribution in [2.24, 2.45) is 5.92 Å². The minimum atomic E-state index is -4.31. The Hall–Kier alpha value is -4.21. The van der Waals surface area contributed by atoms with Crippen molar-refractivity contribution in [3.63, 3.8) is 0 Å². The van der Waals surface area contributed by atoms with E-state index in [9.17, 15) is 22.4 Å². The molecule has 4 aromatic carbocycles. The van der Waals surface area contributed by atoms with E-state index in [1.165, 1.54) is 29.2 Å². The Bertz CT molecular complexity index is 1660. The van der Waals surface area contributed by atoms with Gasteiger partial charge in [0.1, 0.15) is 18.4 Å². The van der Waals surface area contributed by atoms with Crippen molar-refractivity contribution in [3.05, 3.63) is 131 Å². The SMILES string of the molecule is CC(C)CNC(=O)[C@@H](Cc1ccccc1)N(Cc1ccccc1)C(=O)CN(c1ccc(F)c(Cl)c1)S(=O)(=O)c1ccccc1. The van der Waals surface area contributed by atoms with Gasteiger partial charge in [-0.1, -0.05) is 104 Å². The quantitative estimate of drug-likeness (QED) is 0.193. The molecule has 0 aromatic heterocycles. The number of halogens is 2. The van der Waals surface area contributed by atoms with E-state index in [4.69, 9.17) is 11.6 Å². The van der Waals surface area contributed by atoms with E-state index >= 15 is 0 Å². The lowest BCUT2D eigenvalue weighted by Gasteiger charge is -2.34. The number of hydrogen-bond donors (Lipinski definition) is 1. The van der Waals surface area contributed by atoms with E-state index in [-0.39, 0.29) is 40.4 Å². The van der Waals surface area contributed by atoms with Gasteiger partial charge in [0.25, 0.3) is 10.0 Å². The number of anilines is 1. The molecule has 0 aliphatic rings. The van der Waals surface area contributed by atoms with Gasteiger partial charge in [-0.05, 0) is 47.4 Å². The van der Waals surface area contributed by atoms with Gasteiger partial charge in [-0.15, -0.1) is 0 Å². The predicted molar refractivity (Wildman–Crippen MR) is 171 cm³/mol. The highest BCUT2D eigenvalue weighted by Crippen LogP contribution is 2.28. The molecule has 0 saturated carbocycles. The van der Waals surface area contributed by atoms with Crippen LogP contribution in [0, 0.1) is 11.7 Å². The number of hydrogen-bond acceptors (Lipinski definition) is 4. The average Bonchev–Trinajstić information content (AvgIpc) is 3.03. The third-order valence-corrected chi connectivity index (χ3v) is 9.03. The molecule has 0 fully saturated rings. The van der Waals surface area contributed by atoms with E-state index in [1.54, 1.807) is 18.2 Å². The molecule has 0 saturated heterocycles. The number of carbonyl (C=O) groups excluding carboxylic acids is 2. The molecule has 10 heteroatoms. The van der Waals surface area contributed by atoms with Gasteiger partial charge in [0.2, 0.25) is 11.8 Å². The second-order valence-electron chi connectivity index (χ2n) is 10.8. The average molecular weight is 636 g/mol. The molecular formula is C34H35ClFN3O4S. The first kappa shape index (κ1) is 32.7. The van der Waals surface area contributed by atoms with Crippen LogP contribution in [0.4, 0.5) is 10.1 Å². The Morgan fingerprint density at radius 3 is 1.98 bits per heavy atom. The summed E-state index contributed by atoms with van der Waals surface area (Å²) >= 11 is 6.06. The Morgan fingerprint density at radius 2 is 1.41 bits per heavy atom. The summed E-state index contributed by atoms with van der Waals surface area (Å²) in [6.07, 6.45) is 0.206. The molecule has 0 aliphatic heterocycles. The van der Waals surface area contributed by atoms with Gasteiger partial charge in [-0.2, -0.15) is 0 Å². The zero-order chi connectivity index (χ0) is 31.7. The van der Waals surface area contributed by atoms with Crippen LogP contribution < -0.4 is 9.62 Å². The fourth-order valence-electron chi connectivity index (χ4n) is 4.65. The van der Waals surface area contributed by atoms with Gasteiger partial charge in [0.05, 0.1) is 15.6 Å². The Balaban J connectivity index is 1.79. The summed E-state index contributed by atoms with van der Waals surface area (Å²) in [6, 6.07) is 28.7. The highest BCUT2D eigenvalue weighted by atomic mass is 35.5. The predicted octanol–water partition coefficient (Wildman–Crippen LogP) is 6.09. The van der Waals surface area contributed by atoms with Gasteiger partial charge < -0.3 is 10.2 Å². The maximum Gasteiger partial charge on any atom is 0.264 e. The fraction of sp³-hybridized carbons (Fsp3) is 0.235. The molecule has 0 radical (unpaired) electrons. The third-order valence-electron chi connectivity index (χ3n) is 6.95. The summed E-state index contributed by atoms with van der Waals surface area (Å²) in [5.74, 6) is -1.53. The molecule has 4 aromatic rings. The maximum atomic E-state index is 14.4. The summed E-state index contributed by atoms with van der Waals surface area (Å²) in [7, 11) is -4.31. The number of nitrogens with zero attached hydrogens (tertiary/aromatic N) is 2. The van der Waals surface area contributed by atoms with Crippen molar-refractivity contribution in [1.82, 2.24) is 10.2 Å². The zero-order valence-electron chi connectivity index (χ0n) is 24.6. The molecule has 0 spiro atoms. The second-order valence-corrected chi connectivity index (χ2v) is 13.0. The molecule has 44 heavy (non-hydrogen) atoms. The van der Waals surface area contributed by atoms with Crippen molar-refractivity contribution >= 4 is 39.1 Å². The molecule has 4 rings (SSSR count). The van der Waals surface area contributed by atoms with Crippen LogP contribution in [0.25, 0.3) is 0 Å². The molecule has 0 bridgehead atoms. The zero-order valence-corrected chi connectivity index (χ0v) is 26.1. The first-order valence-corrected chi connectivity index (χ1v) is 16.1. The van der Waals surface area contributed by atoms with Crippen LogP contribution in [0.3, 0.4) is 0 Å². The summed E-state index contributed by atoms with van der Waals surface area (Å²) in [5, 5.41) is 2.66. The van der Waals surface area contributed by atoms with Gasteiger partial charge in [0, 0.05) is 19.5 Å². The van der Waals surface area contributed by atoms with Crippen molar-refractivity contribution in [2.45, 2.75) is 37.8 Å². The van der Waals surface area contributed by atoms with Crippen LogP contribution >= 0.6 is 11.6 Å². The summed E-state index contributed by atoms with van der Waals surface area (Å²) in [5.41, 5.74) is 1.61. The largest absolute Gasteiger partial charge is 0.354 e. The van der Waals surface area contributed by atoms with Crippen molar-refractivity contribution in [2.75, 3.05) is 17.4 Å². The molecule has 7 nitrogen and oxygen atoms in total. The fourth-order valence-corrected chi connectivity index (χ4v) is 6.25. The molecule has 0 heterocycles. The van der Waals surface area contributed by atoms with E-state index in [0.717, 1.165) is 21.5 Å². The van der Waals surface area contributed by atoms with E-state index in [2.05, 4.69) is 5.32 Å². The molecule has 2 amide bonds. The smallest absolute Gasteiger partial charge is 0.264 e. The van der Waals surface area contributed by atoms with Gasteiger partial charge in [-0.25, -0.2) is 12.8 Å². The third kappa shape index (κ3) is 8.45. The normalized spacial score (nSPS) is 12.0. The Labute approximate surface area is 263 Å². The Morgan fingerprint density at radius 1 is 0.841 bits per heavy atom. The molecule has 230 valence electrons. The molecule has 0 unspecified atom stereocenters. The molecule has 1 N–H and O–H groups in total. The van der Waals surface area contributed by atoms with Gasteiger partial charge in [-0.3, -0.25) is 13.9 Å². The topological polar surface area (TPSA) is 86.8 Å². The highest BCUT2D eigenvalue weighted by molar-refractivity contribution is 7.92. The highest BCUT2D eigenvalue weighted by Gasteiger charge is 2.34. The number of sulfonamides is 1. The number of benzene rings is 4. The Kier molecular flexibility index (Phi) is 11.1. The van der Waals surface area contributed by atoms with Gasteiger partial charge >= 0.3 is 0 Å². The van der Waals surface area contributed by atoms with Crippen LogP contribution in [0.2, 0.25) is 5.02 Å². The van der Waals surface area contributed by atoms with Crippen LogP contribution in [0.1, 0.15) is 25.0 Å². The standard InChI is InChI=1S/C34H35ClFN3O4S/c1-25(2)22-37-34(41)32(20-26-12-6-3-7-13-26)38(23-27-14-8-4-9-15-27)33(40)24-39(28-18-19-31(36)30(35)21-28)44(42,43)29-16-10-5-11-17-29/h3-19,21,25,32H,20,22-24H2,1-2H3,(H,37,41)/t32-/m1/s1. The minimum Gasteiger partial charge on any atom is -0.354 e. The second kappa shape index (κ2) is 15.0. The molecule has 1 atom stereocenters. The van der Waals surface area contributed by atoms with Crippen LogP contribution in [0.15, 0.2) is 114 Å². The molecule has 0 aliphatic carbocycles. The van der Waals surface area contributed by atoms with Crippen LogP contribution in [-0.2, 0) is 32.6 Å². The maximum absolute atomic E-state index is 14.4. The van der Waals surface area contributed by atoms with Crippen LogP contribution in [0.5, 0.6) is 0 Å².